The van der Waals surface area contributed by atoms with Crippen molar-refractivity contribution in [2.24, 2.45) is 7.05 Å². The van der Waals surface area contributed by atoms with Gasteiger partial charge >= 0.3 is 0 Å². The van der Waals surface area contributed by atoms with Crippen molar-refractivity contribution < 1.29 is 4.92 Å². The fraction of sp³-hybridized carbons (Fsp3) is 0.174. The van der Waals surface area contributed by atoms with Crippen LogP contribution in [0.25, 0.3) is 33.0 Å². The number of nitrogens with zero attached hydrogens (tertiary/aromatic N) is 6. The lowest BCUT2D eigenvalue weighted by atomic mass is 10.2. The predicted octanol–water partition coefficient (Wildman–Crippen LogP) is 4.15. The van der Waals surface area contributed by atoms with Crippen molar-refractivity contribution in [1.29, 1.82) is 0 Å². The number of rotatable bonds is 6. The molecule has 9 nitrogen and oxygen atoms in total. The molecule has 0 bridgehead atoms. The lowest BCUT2D eigenvalue weighted by Crippen LogP contribution is -2.17. The van der Waals surface area contributed by atoms with E-state index in [-0.39, 0.29) is 11.3 Å². The Hall–Kier alpha value is -4.05. The van der Waals surface area contributed by atoms with Gasteiger partial charge in [0, 0.05) is 38.2 Å². The van der Waals surface area contributed by atoms with Gasteiger partial charge in [0.25, 0.3) is 11.3 Å². The Morgan fingerprint density at radius 1 is 1.24 bits per heavy atom. The van der Waals surface area contributed by atoms with Crippen LogP contribution in [0.4, 0.5) is 5.95 Å². The zero-order chi connectivity index (χ0) is 23.7. The second-order valence-electron chi connectivity index (χ2n) is 7.53. The van der Waals surface area contributed by atoms with Crippen LogP contribution in [0, 0.1) is 10.1 Å². The van der Waals surface area contributed by atoms with E-state index in [1.54, 1.807) is 31.2 Å². The first-order valence-corrected chi connectivity index (χ1v) is 10.9. The molecule has 3 aromatic heterocycles. The molecule has 4 aromatic rings. The highest BCUT2D eigenvalue weighted by Crippen LogP contribution is 2.25. The van der Waals surface area contributed by atoms with Gasteiger partial charge in [-0.25, -0.2) is 9.97 Å². The summed E-state index contributed by atoms with van der Waals surface area (Å²) in [4.78, 5) is 35.6. The molecule has 168 valence electrons. The SMILES string of the molecule is C\C=C/C(=C\C=C\c1cc2ncn(-c3ccc4nc(N(C)C)n(C)c4c3)c(=O)c2s1)[N+](=O)[O-]. The minimum absolute atomic E-state index is 0.0154. The highest BCUT2D eigenvalue weighted by Gasteiger charge is 2.13. The molecule has 3 heterocycles. The van der Waals surface area contributed by atoms with Gasteiger partial charge in [-0.05, 0) is 37.3 Å². The second kappa shape index (κ2) is 8.83. The van der Waals surface area contributed by atoms with E-state index < -0.39 is 4.92 Å². The van der Waals surface area contributed by atoms with E-state index in [2.05, 4.69) is 9.97 Å². The average Bonchev–Trinajstić information content (AvgIpc) is 3.34. The van der Waals surface area contributed by atoms with Gasteiger partial charge in [0.15, 0.2) is 0 Å². The van der Waals surface area contributed by atoms with E-state index >= 15 is 0 Å². The molecule has 33 heavy (non-hydrogen) atoms. The quantitative estimate of drug-likeness (QED) is 0.242. The summed E-state index contributed by atoms with van der Waals surface area (Å²) < 4.78 is 4.01. The number of fused-ring (bicyclic) bond motifs is 2. The van der Waals surface area contributed by atoms with Crippen molar-refractivity contribution >= 4 is 44.6 Å². The molecule has 0 fully saturated rings. The molecular formula is C23H22N6O3S. The Balaban J connectivity index is 1.73. The highest BCUT2D eigenvalue weighted by atomic mass is 32.1. The number of allylic oxidation sites excluding steroid dienone is 4. The van der Waals surface area contributed by atoms with E-state index in [9.17, 15) is 14.9 Å². The van der Waals surface area contributed by atoms with Crippen LogP contribution in [0.15, 0.2) is 65.4 Å². The highest BCUT2D eigenvalue weighted by molar-refractivity contribution is 7.19. The van der Waals surface area contributed by atoms with Gasteiger partial charge in [-0.3, -0.25) is 19.5 Å². The molecule has 0 aliphatic carbocycles. The second-order valence-corrected chi connectivity index (χ2v) is 8.61. The third-order valence-corrected chi connectivity index (χ3v) is 6.13. The van der Waals surface area contributed by atoms with Crippen LogP contribution in [0.5, 0.6) is 0 Å². The van der Waals surface area contributed by atoms with E-state index in [1.807, 2.05) is 48.8 Å². The van der Waals surface area contributed by atoms with Crippen molar-refractivity contribution in [3.05, 3.63) is 85.9 Å². The molecule has 4 rings (SSSR count). The Kier molecular flexibility index (Phi) is 5.93. The van der Waals surface area contributed by atoms with Gasteiger partial charge < -0.3 is 9.47 Å². The third-order valence-electron chi connectivity index (χ3n) is 5.05. The maximum Gasteiger partial charge on any atom is 0.275 e. The van der Waals surface area contributed by atoms with Gasteiger partial charge in [-0.15, -0.1) is 11.3 Å². The van der Waals surface area contributed by atoms with Gasteiger partial charge in [0.2, 0.25) is 5.95 Å². The van der Waals surface area contributed by atoms with E-state index in [0.29, 0.717) is 15.9 Å². The summed E-state index contributed by atoms with van der Waals surface area (Å²) >= 11 is 1.30. The van der Waals surface area contributed by atoms with Crippen molar-refractivity contribution in [3.8, 4) is 5.69 Å². The monoisotopic (exact) mass is 462 g/mol. The van der Waals surface area contributed by atoms with Gasteiger partial charge in [0.05, 0.1) is 27.2 Å². The number of anilines is 1. The van der Waals surface area contributed by atoms with Crippen LogP contribution < -0.4 is 10.5 Å². The molecule has 0 aliphatic rings. The van der Waals surface area contributed by atoms with Crippen LogP contribution in [0.2, 0.25) is 0 Å². The standard InChI is InChI=1S/C23H22N6O3S/c1-5-7-15(29(31)32)8-6-9-17-13-19-21(33-17)22(30)28(14-24-19)16-10-11-18-20(12-16)27(4)23(25-18)26(2)3/h5-14H,1-4H3/b7-5-,9-6+,15-8+. The Labute approximate surface area is 193 Å². The van der Waals surface area contributed by atoms with Crippen LogP contribution in [0.3, 0.4) is 0 Å². The van der Waals surface area contributed by atoms with Crippen LogP contribution in [-0.2, 0) is 7.05 Å². The zero-order valence-corrected chi connectivity index (χ0v) is 19.4. The fourth-order valence-corrected chi connectivity index (χ4v) is 4.46. The number of hydrogen-bond donors (Lipinski definition) is 0. The smallest absolute Gasteiger partial charge is 0.275 e. The summed E-state index contributed by atoms with van der Waals surface area (Å²) in [6.07, 6.45) is 9.30. The van der Waals surface area contributed by atoms with E-state index in [4.69, 9.17) is 0 Å². The first-order chi connectivity index (χ1) is 15.8. The van der Waals surface area contributed by atoms with Crippen molar-refractivity contribution in [2.45, 2.75) is 6.92 Å². The summed E-state index contributed by atoms with van der Waals surface area (Å²) in [5, 5.41) is 11.0. The average molecular weight is 463 g/mol. The number of nitro groups is 1. The fourth-order valence-electron chi connectivity index (χ4n) is 3.50. The van der Waals surface area contributed by atoms with Crippen molar-refractivity contribution in [2.75, 3.05) is 19.0 Å². The number of aromatic nitrogens is 4. The Morgan fingerprint density at radius 3 is 2.73 bits per heavy atom. The number of aryl methyl sites for hydroxylation is 1. The van der Waals surface area contributed by atoms with Crippen molar-refractivity contribution in [1.82, 2.24) is 19.1 Å². The molecule has 0 atom stereocenters. The number of imidazole rings is 1. The normalized spacial score (nSPS) is 12.5. The largest absolute Gasteiger partial charge is 0.348 e. The molecule has 0 radical (unpaired) electrons. The summed E-state index contributed by atoms with van der Waals surface area (Å²) in [6.45, 7) is 1.72. The third kappa shape index (κ3) is 4.20. The summed E-state index contributed by atoms with van der Waals surface area (Å²) in [7, 11) is 5.80. The van der Waals surface area contributed by atoms with Gasteiger partial charge in [-0.1, -0.05) is 12.2 Å². The molecule has 0 unspecified atom stereocenters. The van der Waals surface area contributed by atoms with E-state index in [0.717, 1.165) is 21.9 Å². The molecule has 0 saturated heterocycles. The summed E-state index contributed by atoms with van der Waals surface area (Å²) in [5.74, 6) is 0.821. The minimum Gasteiger partial charge on any atom is -0.348 e. The predicted molar refractivity (Wildman–Crippen MR) is 133 cm³/mol. The first kappa shape index (κ1) is 22.2. The molecule has 10 heteroatoms. The van der Waals surface area contributed by atoms with Crippen LogP contribution in [-0.4, -0.2) is 38.1 Å². The maximum atomic E-state index is 13.2. The maximum absolute atomic E-state index is 13.2. The zero-order valence-electron chi connectivity index (χ0n) is 18.6. The topological polar surface area (TPSA) is 99.1 Å². The van der Waals surface area contributed by atoms with Gasteiger partial charge in [-0.2, -0.15) is 0 Å². The Bertz CT molecular complexity index is 1520. The van der Waals surface area contributed by atoms with Crippen molar-refractivity contribution in [3.63, 3.8) is 0 Å². The number of hydrogen-bond acceptors (Lipinski definition) is 7. The summed E-state index contributed by atoms with van der Waals surface area (Å²) in [5.41, 5.74) is 2.85. The molecule has 1 aromatic carbocycles. The number of benzene rings is 1. The number of thiophene rings is 1. The molecule has 0 amide bonds. The molecule has 0 aliphatic heterocycles. The van der Waals surface area contributed by atoms with E-state index in [1.165, 1.54) is 34.4 Å². The molecule has 0 saturated carbocycles. The van der Waals surface area contributed by atoms with Crippen LogP contribution >= 0.6 is 11.3 Å². The van der Waals surface area contributed by atoms with Gasteiger partial charge in [0.1, 0.15) is 11.0 Å². The molecular weight excluding hydrogens is 440 g/mol. The lowest BCUT2D eigenvalue weighted by molar-refractivity contribution is -0.419. The molecule has 0 N–H and O–H groups in total. The van der Waals surface area contributed by atoms with Crippen LogP contribution in [0.1, 0.15) is 11.8 Å². The lowest BCUT2D eigenvalue weighted by Gasteiger charge is -2.11. The molecule has 0 spiro atoms. The Morgan fingerprint density at radius 2 is 2.03 bits per heavy atom. The minimum atomic E-state index is -0.448. The first-order valence-electron chi connectivity index (χ1n) is 10.1. The summed E-state index contributed by atoms with van der Waals surface area (Å²) in [6, 6.07) is 7.46.